The third kappa shape index (κ3) is 4.49. The minimum Gasteiger partial charge on any atom is -0.483 e. The van der Waals surface area contributed by atoms with E-state index in [1.165, 1.54) is 10.8 Å². The number of pyridine rings is 1. The van der Waals surface area contributed by atoms with Crippen LogP contribution >= 0.6 is 0 Å². The summed E-state index contributed by atoms with van der Waals surface area (Å²) in [6.45, 7) is 0.883. The number of ether oxygens (including phenoxy) is 1. The highest BCUT2D eigenvalue weighted by Crippen LogP contribution is 2.10. The van der Waals surface area contributed by atoms with Crippen LogP contribution in [-0.2, 0) is 19.8 Å². The zero-order valence-corrected chi connectivity index (χ0v) is 13.8. The van der Waals surface area contributed by atoms with Crippen LogP contribution < -0.4 is 20.7 Å². The summed E-state index contributed by atoms with van der Waals surface area (Å²) in [5.74, 6) is 0.231. The van der Waals surface area contributed by atoms with Gasteiger partial charge in [0.05, 0.1) is 11.9 Å². The second-order valence-electron chi connectivity index (χ2n) is 5.56. The van der Waals surface area contributed by atoms with Crippen molar-refractivity contribution in [2.24, 2.45) is 5.73 Å². The molecule has 0 amide bonds. The molecule has 0 aliphatic rings. The summed E-state index contributed by atoms with van der Waals surface area (Å²) >= 11 is 0. The highest BCUT2D eigenvalue weighted by Gasteiger charge is 2.08. The van der Waals surface area contributed by atoms with Gasteiger partial charge in [0.2, 0.25) is 5.43 Å². The zero-order chi connectivity index (χ0) is 17.5. The van der Waals surface area contributed by atoms with Gasteiger partial charge in [-0.05, 0) is 11.1 Å². The summed E-state index contributed by atoms with van der Waals surface area (Å²) in [6.07, 6.45) is 1.55. The van der Waals surface area contributed by atoms with Crippen molar-refractivity contribution in [1.29, 1.82) is 0 Å². The number of aromatic nitrogens is 1. The predicted molar refractivity (Wildman–Crippen MR) is 96.1 cm³/mol. The van der Waals surface area contributed by atoms with Crippen LogP contribution in [-0.4, -0.2) is 4.73 Å². The van der Waals surface area contributed by atoms with Crippen molar-refractivity contribution in [2.45, 2.75) is 19.8 Å². The van der Waals surface area contributed by atoms with Crippen molar-refractivity contribution in [1.82, 2.24) is 4.73 Å². The van der Waals surface area contributed by atoms with E-state index < -0.39 is 0 Å². The van der Waals surface area contributed by atoms with Crippen molar-refractivity contribution >= 4 is 0 Å². The Morgan fingerprint density at radius 3 is 2.08 bits per heavy atom. The first-order chi connectivity index (χ1) is 12.3. The zero-order valence-electron chi connectivity index (χ0n) is 13.8. The molecule has 1 aromatic heterocycles. The number of benzene rings is 2. The Kier molecular flexibility index (Phi) is 5.49. The van der Waals surface area contributed by atoms with Crippen molar-refractivity contribution in [3.63, 3.8) is 0 Å². The number of nitrogens with zero attached hydrogens (tertiary/aromatic N) is 1. The van der Waals surface area contributed by atoms with Gasteiger partial charge >= 0.3 is 0 Å². The van der Waals surface area contributed by atoms with E-state index in [1.54, 1.807) is 6.20 Å². The molecule has 0 aliphatic heterocycles. The Bertz CT molecular complexity index is 861. The maximum absolute atomic E-state index is 12.2. The van der Waals surface area contributed by atoms with E-state index in [2.05, 4.69) is 0 Å². The number of hydrogen-bond donors (Lipinski definition) is 1. The molecule has 1 heterocycles. The average Bonchev–Trinajstić information content (AvgIpc) is 2.67. The van der Waals surface area contributed by atoms with E-state index >= 15 is 0 Å². The number of hydrogen-bond acceptors (Lipinski definition) is 4. The van der Waals surface area contributed by atoms with Gasteiger partial charge in [-0.3, -0.25) is 4.79 Å². The van der Waals surface area contributed by atoms with Crippen LogP contribution in [0, 0.1) is 0 Å². The van der Waals surface area contributed by atoms with Gasteiger partial charge in [-0.15, -0.1) is 0 Å². The highest BCUT2D eigenvalue weighted by atomic mass is 16.7. The normalized spacial score (nSPS) is 10.4. The van der Waals surface area contributed by atoms with E-state index in [0.29, 0.717) is 18.9 Å². The van der Waals surface area contributed by atoms with Crippen LogP contribution in [0.1, 0.15) is 16.8 Å². The van der Waals surface area contributed by atoms with Gasteiger partial charge in [-0.25, -0.2) is 0 Å². The molecule has 0 atom stereocenters. The van der Waals surface area contributed by atoms with Gasteiger partial charge in [0.25, 0.3) is 0 Å². The smallest absolute Gasteiger partial charge is 0.223 e. The summed E-state index contributed by atoms with van der Waals surface area (Å²) in [5.41, 5.74) is 8.11. The quantitative estimate of drug-likeness (QED) is 0.720. The summed E-state index contributed by atoms with van der Waals surface area (Å²) in [6, 6.07) is 20.9. The van der Waals surface area contributed by atoms with E-state index in [0.717, 1.165) is 11.1 Å². The van der Waals surface area contributed by atoms with Crippen LogP contribution in [0.2, 0.25) is 0 Å². The molecule has 2 N–H and O–H groups in total. The fourth-order valence-corrected chi connectivity index (χ4v) is 2.37. The molecular formula is C20H20N2O3. The second-order valence-corrected chi connectivity index (χ2v) is 5.56. The standard InChI is InChI=1S/C20H20N2O3/c21-12-18-11-19(23)20(24-14-16-7-3-1-4-8-16)13-22(18)25-15-17-9-5-2-6-10-17/h1-11,13H,12,14-15,21H2. The average molecular weight is 336 g/mol. The molecule has 128 valence electrons. The molecule has 5 heteroatoms. The third-order valence-corrected chi connectivity index (χ3v) is 3.72. The monoisotopic (exact) mass is 336 g/mol. The van der Waals surface area contributed by atoms with Gasteiger partial charge < -0.3 is 15.3 Å². The van der Waals surface area contributed by atoms with Gasteiger partial charge in [-0.2, -0.15) is 4.73 Å². The Morgan fingerprint density at radius 2 is 1.48 bits per heavy atom. The number of nitrogens with two attached hydrogens (primary N) is 1. The lowest BCUT2D eigenvalue weighted by Gasteiger charge is -2.15. The van der Waals surface area contributed by atoms with Gasteiger partial charge in [-0.1, -0.05) is 60.7 Å². The van der Waals surface area contributed by atoms with Crippen LogP contribution in [0.25, 0.3) is 0 Å². The molecule has 0 saturated heterocycles. The molecule has 0 spiro atoms. The molecule has 5 nitrogen and oxygen atoms in total. The lowest BCUT2D eigenvalue weighted by atomic mass is 10.2. The molecule has 2 aromatic carbocycles. The molecule has 0 unspecified atom stereocenters. The Labute approximate surface area is 146 Å². The van der Waals surface area contributed by atoms with E-state index in [9.17, 15) is 4.79 Å². The maximum Gasteiger partial charge on any atom is 0.223 e. The molecule has 0 aliphatic carbocycles. The van der Waals surface area contributed by atoms with E-state index in [4.69, 9.17) is 15.3 Å². The molecule has 0 bridgehead atoms. The topological polar surface area (TPSA) is 66.5 Å². The Balaban J connectivity index is 1.76. The Hall–Kier alpha value is -3.05. The lowest BCUT2D eigenvalue weighted by Crippen LogP contribution is -2.22. The van der Waals surface area contributed by atoms with Gasteiger partial charge in [0.15, 0.2) is 5.75 Å². The van der Waals surface area contributed by atoms with Crippen molar-refractivity contribution < 1.29 is 9.57 Å². The second kappa shape index (κ2) is 8.17. The first-order valence-electron chi connectivity index (χ1n) is 8.06. The summed E-state index contributed by atoms with van der Waals surface area (Å²) in [7, 11) is 0. The van der Waals surface area contributed by atoms with Crippen LogP contribution in [0.4, 0.5) is 0 Å². The molecule has 3 aromatic rings. The van der Waals surface area contributed by atoms with Gasteiger partial charge in [0, 0.05) is 12.6 Å². The Morgan fingerprint density at radius 1 is 0.880 bits per heavy atom. The first kappa shape index (κ1) is 16.8. The molecule has 0 saturated carbocycles. The summed E-state index contributed by atoms with van der Waals surface area (Å²) in [5, 5.41) is 0. The molecular weight excluding hydrogens is 316 g/mol. The summed E-state index contributed by atoms with van der Waals surface area (Å²) < 4.78 is 7.17. The van der Waals surface area contributed by atoms with Crippen LogP contribution in [0.5, 0.6) is 5.75 Å². The van der Waals surface area contributed by atoms with Crippen molar-refractivity contribution in [3.05, 3.63) is 100.0 Å². The maximum atomic E-state index is 12.2. The highest BCUT2D eigenvalue weighted by molar-refractivity contribution is 5.23. The minimum atomic E-state index is -0.212. The van der Waals surface area contributed by atoms with Crippen molar-refractivity contribution in [2.75, 3.05) is 0 Å². The fraction of sp³-hybridized carbons (Fsp3) is 0.150. The largest absolute Gasteiger partial charge is 0.483 e. The number of rotatable bonds is 7. The van der Waals surface area contributed by atoms with Crippen molar-refractivity contribution in [3.8, 4) is 5.75 Å². The lowest BCUT2D eigenvalue weighted by molar-refractivity contribution is 0.0869. The first-order valence-corrected chi connectivity index (χ1v) is 8.06. The molecule has 3 rings (SSSR count). The van der Waals surface area contributed by atoms with E-state index in [-0.39, 0.29) is 17.7 Å². The third-order valence-electron chi connectivity index (χ3n) is 3.72. The minimum absolute atomic E-state index is 0.197. The molecule has 25 heavy (non-hydrogen) atoms. The fourth-order valence-electron chi connectivity index (χ4n) is 2.37. The van der Waals surface area contributed by atoms with Crippen LogP contribution in [0.3, 0.4) is 0 Å². The molecule has 0 fully saturated rings. The SMILES string of the molecule is NCc1cc(=O)c(OCc2ccccc2)cn1OCc1ccccc1. The van der Waals surface area contributed by atoms with Gasteiger partial charge in [0.1, 0.15) is 13.2 Å². The van der Waals surface area contributed by atoms with E-state index in [1.807, 2.05) is 60.7 Å². The predicted octanol–water partition coefficient (Wildman–Crippen LogP) is 2.51. The summed E-state index contributed by atoms with van der Waals surface area (Å²) in [4.78, 5) is 18.0. The molecule has 0 radical (unpaired) electrons. The van der Waals surface area contributed by atoms with Crippen LogP contribution in [0.15, 0.2) is 77.7 Å².